The first-order chi connectivity index (χ1) is 6.74. The van der Waals surface area contributed by atoms with Gasteiger partial charge in [-0.3, -0.25) is 0 Å². The lowest BCUT2D eigenvalue weighted by Gasteiger charge is -2.35. The summed E-state index contributed by atoms with van der Waals surface area (Å²) in [6.07, 6.45) is 5.24. The highest BCUT2D eigenvalue weighted by Crippen LogP contribution is 2.10. The predicted molar refractivity (Wildman–Crippen MR) is 64.3 cm³/mol. The number of hydrogen-bond donors (Lipinski definition) is 1. The van der Waals surface area contributed by atoms with Crippen LogP contribution in [0.1, 0.15) is 46.5 Å². The monoisotopic (exact) mass is 201 g/mol. The van der Waals surface area contributed by atoms with Crippen molar-refractivity contribution < 1.29 is 4.48 Å². The van der Waals surface area contributed by atoms with E-state index in [2.05, 4.69) is 20.8 Å². The summed E-state index contributed by atoms with van der Waals surface area (Å²) in [4.78, 5) is 0. The van der Waals surface area contributed by atoms with Crippen LogP contribution < -0.4 is 5.73 Å². The minimum Gasteiger partial charge on any atom is -0.330 e. The van der Waals surface area contributed by atoms with E-state index in [0.29, 0.717) is 0 Å². The van der Waals surface area contributed by atoms with Crippen LogP contribution in [0.4, 0.5) is 0 Å². The van der Waals surface area contributed by atoms with Crippen molar-refractivity contribution in [2.75, 3.05) is 32.7 Å². The van der Waals surface area contributed by atoms with Gasteiger partial charge in [0.2, 0.25) is 0 Å². The van der Waals surface area contributed by atoms with Gasteiger partial charge in [0.1, 0.15) is 0 Å². The molecule has 0 atom stereocenters. The number of nitrogens with two attached hydrogens (primary N) is 1. The summed E-state index contributed by atoms with van der Waals surface area (Å²) in [6, 6.07) is 0. The maximum Gasteiger partial charge on any atom is 0.0786 e. The molecule has 0 aliphatic heterocycles. The van der Waals surface area contributed by atoms with Crippen LogP contribution in [0.5, 0.6) is 0 Å². The molecule has 0 aromatic rings. The normalized spacial score (nSPS) is 12.0. The molecule has 2 heteroatoms. The van der Waals surface area contributed by atoms with Crippen LogP contribution in [-0.4, -0.2) is 37.2 Å². The van der Waals surface area contributed by atoms with Crippen LogP contribution in [0.3, 0.4) is 0 Å². The van der Waals surface area contributed by atoms with Crippen LogP contribution in [0.15, 0.2) is 0 Å². The van der Waals surface area contributed by atoms with Gasteiger partial charge >= 0.3 is 0 Å². The predicted octanol–water partition coefficient (Wildman–Crippen LogP) is 2.38. The minimum atomic E-state index is 0.856. The van der Waals surface area contributed by atoms with Crippen molar-refractivity contribution in [1.29, 1.82) is 0 Å². The molecule has 0 amide bonds. The van der Waals surface area contributed by atoms with Crippen molar-refractivity contribution in [3.63, 3.8) is 0 Å². The zero-order valence-electron chi connectivity index (χ0n) is 10.4. The van der Waals surface area contributed by atoms with Crippen molar-refractivity contribution >= 4 is 0 Å². The van der Waals surface area contributed by atoms with Crippen LogP contribution >= 0.6 is 0 Å². The van der Waals surface area contributed by atoms with E-state index in [0.717, 1.165) is 6.54 Å². The Morgan fingerprint density at radius 2 is 1.29 bits per heavy atom. The average molecular weight is 201 g/mol. The van der Waals surface area contributed by atoms with Gasteiger partial charge in [0.25, 0.3) is 0 Å². The molecule has 86 valence electrons. The van der Waals surface area contributed by atoms with Gasteiger partial charge in [0.05, 0.1) is 26.2 Å². The summed E-state index contributed by atoms with van der Waals surface area (Å²) in [6.45, 7) is 13.0. The van der Waals surface area contributed by atoms with Crippen molar-refractivity contribution in [2.45, 2.75) is 46.5 Å². The van der Waals surface area contributed by atoms with E-state index in [-0.39, 0.29) is 0 Å². The highest BCUT2D eigenvalue weighted by molar-refractivity contribution is 4.45. The molecule has 0 saturated carbocycles. The first kappa shape index (κ1) is 13.9. The Balaban J connectivity index is 3.61. The fourth-order valence-electron chi connectivity index (χ4n) is 2.09. The Hall–Kier alpha value is -0.0800. The molecule has 0 rings (SSSR count). The Kier molecular flexibility index (Phi) is 8.20. The van der Waals surface area contributed by atoms with Crippen LogP contribution in [0.25, 0.3) is 0 Å². The molecule has 0 aromatic carbocycles. The third-order valence-corrected chi connectivity index (χ3v) is 3.60. The second-order valence-corrected chi connectivity index (χ2v) is 4.22. The first-order valence-corrected chi connectivity index (χ1v) is 6.29. The highest BCUT2D eigenvalue weighted by atomic mass is 15.3. The summed E-state index contributed by atoms with van der Waals surface area (Å²) in [5.41, 5.74) is 5.47. The van der Waals surface area contributed by atoms with Crippen LogP contribution in [0.2, 0.25) is 0 Å². The minimum absolute atomic E-state index is 0.856. The van der Waals surface area contributed by atoms with E-state index in [1.807, 2.05) is 0 Å². The smallest absolute Gasteiger partial charge is 0.0786 e. The second kappa shape index (κ2) is 8.25. The summed E-state index contributed by atoms with van der Waals surface area (Å²) in [5.74, 6) is 0. The molecule has 0 spiro atoms. The molecule has 0 radical (unpaired) electrons. The van der Waals surface area contributed by atoms with E-state index in [9.17, 15) is 0 Å². The third-order valence-electron chi connectivity index (χ3n) is 3.60. The lowest BCUT2D eigenvalue weighted by Crippen LogP contribution is -2.48. The van der Waals surface area contributed by atoms with Gasteiger partial charge in [0, 0.05) is 0 Å². The summed E-state index contributed by atoms with van der Waals surface area (Å²) in [7, 11) is 0. The maximum atomic E-state index is 5.47. The van der Waals surface area contributed by atoms with Crippen molar-refractivity contribution in [2.24, 2.45) is 5.73 Å². The molecule has 0 aliphatic carbocycles. The molecule has 0 bridgehead atoms. The van der Waals surface area contributed by atoms with Crippen molar-refractivity contribution in [3.8, 4) is 0 Å². The zero-order chi connectivity index (χ0) is 10.9. The topological polar surface area (TPSA) is 26.0 Å². The van der Waals surface area contributed by atoms with E-state index >= 15 is 0 Å². The quantitative estimate of drug-likeness (QED) is 0.450. The molecule has 2 N–H and O–H groups in total. The van der Waals surface area contributed by atoms with E-state index in [1.165, 1.54) is 56.3 Å². The Morgan fingerprint density at radius 3 is 1.71 bits per heavy atom. The molecule has 14 heavy (non-hydrogen) atoms. The van der Waals surface area contributed by atoms with Crippen LogP contribution in [0, 0.1) is 0 Å². The Bertz CT molecular complexity index is 111. The van der Waals surface area contributed by atoms with Gasteiger partial charge < -0.3 is 10.2 Å². The highest BCUT2D eigenvalue weighted by Gasteiger charge is 2.19. The molecule has 2 nitrogen and oxygen atoms in total. The van der Waals surface area contributed by atoms with Gasteiger partial charge in [-0.05, 0) is 46.6 Å². The van der Waals surface area contributed by atoms with Gasteiger partial charge in [-0.1, -0.05) is 6.42 Å². The van der Waals surface area contributed by atoms with Gasteiger partial charge in [-0.2, -0.15) is 0 Å². The SMILES string of the molecule is CC[N+](CC)(CC)CCCCCCN. The van der Waals surface area contributed by atoms with Gasteiger partial charge in [0.15, 0.2) is 0 Å². The molecule has 0 unspecified atom stereocenters. The molecule has 0 heterocycles. The number of quaternary nitrogens is 1. The maximum absolute atomic E-state index is 5.47. The van der Waals surface area contributed by atoms with Crippen LogP contribution in [-0.2, 0) is 0 Å². The first-order valence-electron chi connectivity index (χ1n) is 6.29. The lowest BCUT2D eigenvalue weighted by molar-refractivity contribution is -0.923. The summed E-state index contributed by atoms with van der Waals surface area (Å²) < 4.78 is 1.29. The summed E-state index contributed by atoms with van der Waals surface area (Å²) in [5, 5.41) is 0. The number of hydrogen-bond acceptors (Lipinski definition) is 1. The zero-order valence-corrected chi connectivity index (χ0v) is 10.4. The summed E-state index contributed by atoms with van der Waals surface area (Å²) >= 11 is 0. The third kappa shape index (κ3) is 4.97. The Labute approximate surface area is 90.1 Å². The second-order valence-electron chi connectivity index (χ2n) is 4.22. The van der Waals surface area contributed by atoms with E-state index in [4.69, 9.17) is 5.73 Å². The largest absolute Gasteiger partial charge is 0.330 e. The number of rotatable bonds is 9. The molecular formula is C12H29N2+. The fraction of sp³-hybridized carbons (Fsp3) is 1.00. The lowest BCUT2D eigenvalue weighted by atomic mass is 10.1. The van der Waals surface area contributed by atoms with Crippen molar-refractivity contribution in [1.82, 2.24) is 0 Å². The van der Waals surface area contributed by atoms with E-state index < -0.39 is 0 Å². The fourth-order valence-corrected chi connectivity index (χ4v) is 2.09. The molecular weight excluding hydrogens is 172 g/mol. The molecule has 0 saturated heterocycles. The van der Waals surface area contributed by atoms with Crippen molar-refractivity contribution in [3.05, 3.63) is 0 Å². The van der Waals surface area contributed by atoms with Gasteiger partial charge in [-0.15, -0.1) is 0 Å². The standard InChI is InChI=1S/C12H29N2/c1-4-14(5-2,6-3)12-10-8-7-9-11-13/h4-13H2,1-3H3/q+1. The number of unbranched alkanes of at least 4 members (excludes halogenated alkanes) is 3. The van der Waals surface area contributed by atoms with Gasteiger partial charge in [-0.25, -0.2) is 0 Å². The Morgan fingerprint density at radius 1 is 0.786 bits per heavy atom. The average Bonchev–Trinajstić information content (AvgIpc) is 2.24. The molecule has 0 fully saturated rings. The molecule has 0 aromatic heterocycles. The molecule has 0 aliphatic rings. The number of nitrogens with zero attached hydrogens (tertiary/aromatic N) is 1. The van der Waals surface area contributed by atoms with E-state index in [1.54, 1.807) is 0 Å².